The highest BCUT2D eigenvalue weighted by molar-refractivity contribution is 6.35. The summed E-state index contributed by atoms with van der Waals surface area (Å²) in [6, 6.07) is 8.28. The highest BCUT2D eigenvalue weighted by Gasteiger charge is 2.05. The summed E-state index contributed by atoms with van der Waals surface area (Å²) in [5.41, 5.74) is 1.21. The van der Waals surface area contributed by atoms with Crippen LogP contribution in [0.25, 0.3) is 10.9 Å². The maximum atomic E-state index is 6.25. The molecule has 0 atom stereocenters. The Morgan fingerprint density at radius 2 is 1.90 bits per heavy atom. The highest BCUT2D eigenvalue weighted by Crippen LogP contribution is 2.25. The van der Waals surface area contributed by atoms with E-state index in [4.69, 9.17) is 11.6 Å². The molecule has 1 aromatic heterocycles. The van der Waals surface area contributed by atoms with Gasteiger partial charge < -0.3 is 14.8 Å². The number of nitrogens with one attached hydrogen (secondary N) is 1. The van der Waals surface area contributed by atoms with Crippen molar-refractivity contribution < 1.29 is 0 Å². The zero-order valence-corrected chi connectivity index (χ0v) is 13.2. The Hall–Kier alpha value is -1.03. The minimum Gasteiger partial charge on any atom is -0.345 e. The number of benzene rings is 1. The standard InChI is InChI=1S/C16H24ClN3/c1-3-19(4-2)11-9-18-10-12-20-13-15(17)14-7-5-6-8-16(14)20/h5-8,13,18H,3-4,9-12H2,1-2H3. The van der Waals surface area contributed by atoms with Crippen molar-refractivity contribution in [3.63, 3.8) is 0 Å². The fourth-order valence-electron chi connectivity index (χ4n) is 2.49. The topological polar surface area (TPSA) is 20.2 Å². The van der Waals surface area contributed by atoms with Gasteiger partial charge in [0.1, 0.15) is 0 Å². The minimum atomic E-state index is 0.837. The summed E-state index contributed by atoms with van der Waals surface area (Å²) in [5.74, 6) is 0. The fraction of sp³-hybridized carbons (Fsp3) is 0.500. The Balaban J connectivity index is 1.82. The second-order valence-electron chi connectivity index (χ2n) is 4.96. The molecular formula is C16H24ClN3. The predicted octanol–water partition coefficient (Wildman–Crippen LogP) is 3.23. The molecule has 0 aliphatic heterocycles. The third kappa shape index (κ3) is 3.75. The van der Waals surface area contributed by atoms with Crippen LogP contribution in [0.1, 0.15) is 13.8 Å². The van der Waals surface area contributed by atoms with Gasteiger partial charge in [-0.15, -0.1) is 0 Å². The molecule has 2 rings (SSSR count). The predicted molar refractivity (Wildman–Crippen MR) is 87.6 cm³/mol. The first kappa shape index (κ1) is 15.4. The Bertz CT molecular complexity index is 532. The molecule has 3 nitrogen and oxygen atoms in total. The Morgan fingerprint density at radius 3 is 2.65 bits per heavy atom. The van der Waals surface area contributed by atoms with Gasteiger partial charge in [-0.25, -0.2) is 0 Å². The molecule has 0 amide bonds. The van der Waals surface area contributed by atoms with E-state index < -0.39 is 0 Å². The van der Waals surface area contributed by atoms with Crippen LogP contribution in [0.4, 0.5) is 0 Å². The molecule has 1 heterocycles. The number of nitrogens with zero attached hydrogens (tertiary/aromatic N) is 2. The molecule has 0 unspecified atom stereocenters. The van der Waals surface area contributed by atoms with Crippen LogP contribution >= 0.6 is 11.6 Å². The number of halogens is 1. The van der Waals surface area contributed by atoms with Crippen LogP contribution in [0, 0.1) is 0 Å². The van der Waals surface area contributed by atoms with E-state index in [0.29, 0.717) is 0 Å². The molecular weight excluding hydrogens is 270 g/mol. The molecule has 0 saturated heterocycles. The van der Waals surface area contributed by atoms with E-state index in [1.807, 2.05) is 12.3 Å². The SMILES string of the molecule is CCN(CC)CCNCCn1cc(Cl)c2ccccc21. The second kappa shape index (κ2) is 7.67. The molecule has 20 heavy (non-hydrogen) atoms. The molecule has 0 spiro atoms. The summed E-state index contributed by atoms with van der Waals surface area (Å²) in [6.07, 6.45) is 2.03. The number of fused-ring (bicyclic) bond motifs is 1. The number of likely N-dealkylation sites (N-methyl/N-ethyl adjacent to an activating group) is 1. The van der Waals surface area contributed by atoms with Gasteiger partial charge in [0.15, 0.2) is 0 Å². The van der Waals surface area contributed by atoms with Gasteiger partial charge in [-0.1, -0.05) is 43.6 Å². The normalized spacial score (nSPS) is 11.6. The largest absolute Gasteiger partial charge is 0.345 e. The number of para-hydroxylation sites is 1. The van der Waals surface area contributed by atoms with E-state index in [0.717, 1.165) is 49.7 Å². The van der Waals surface area contributed by atoms with Gasteiger partial charge in [-0.3, -0.25) is 0 Å². The molecule has 0 aliphatic carbocycles. The van der Waals surface area contributed by atoms with Crippen LogP contribution in [-0.2, 0) is 6.54 Å². The van der Waals surface area contributed by atoms with Crippen molar-refractivity contribution in [1.29, 1.82) is 0 Å². The lowest BCUT2D eigenvalue weighted by Gasteiger charge is -2.18. The molecule has 0 fully saturated rings. The summed E-state index contributed by atoms with van der Waals surface area (Å²) in [6.45, 7) is 10.7. The van der Waals surface area contributed by atoms with Crippen LogP contribution in [0.15, 0.2) is 30.5 Å². The lowest BCUT2D eigenvalue weighted by atomic mass is 10.2. The summed E-state index contributed by atoms with van der Waals surface area (Å²) >= 11 is 6.25. The van der Waals surface area contributed by atoms with Gasteiger partial charge >= 0.3 is 0 Å². The highest BCUT2D eigenvalue weighted by atomic mass is 35.5. The van der Waals surface area contributed by atoms with E-state index in [-0.39, 0.29) is 0 Å². The van der Waals surface area contributed by atoms with Crippen LogP contribution in [-0.4, -0.2) is 42.2 Å². The van der Waals surface area contributed by atoms with Crippen molar-refractivity contribution in [2.24, 2.45) is 0 Å². The molecule has 4 heteroatoms. The fourth-order valence-corrected chi connectivity index (χ4v) is 2.77. The van der Waals surface area contributed by atoms with Gasteiger partial charge in [-0.2, -0.15) is 0 Å². The molecule has 1 N–H and O–H groups in total. The van der Waals surface area contributed by atoms with Gasteiger partial charge in [0.05, 0.1) is 5.02 Å². The van der Waals surface area contributed by atoms with Crippen LogP contribution in [0.5, 0.6) is 0 Å². The van der Waals surface area contributed by atoms with Crippen molar-refractivity contribution in [2.75, 3.05) is 32.7 Å². The molecule has 1 aromatic carbocycles. The first-order chi connectivity index (χ1) is 9.76. The van der Waals surface area contributed by atoms with Crippen molar-refractivity contribution in [2.45, 2.75) is 20.4 Å². The zero-order valence-electron chi connectivity index (χ0n) is 12.4. The average Bonchev–Trinajstić information content (AvgIpc) is 2.80. The van der Waals surface area contributed by atoms with Gasteiger partial charge in [-0.05, 0) is 19.2 Å². The van der Waals surface area contributed by atoms with Gasteiger partial charge in [0.2, 0.25) is 0 Å². The van der Waals surface area contributed by atoms with Crippen LogP contribution in [0.2, 0.25) is 5.02 Å². The van der Waals surface area contributed by atoms with E-state index in [2.05, 4.69) is 46.8 Å². The summed E-state index contributed by atoms with van der Waals surface area (Å²) in [5, 5.41) is 5.47. The van der Waals surface area contributed by atoms with Crippen molar-refractivity contribution in [1.82, 2.24) is 14.8 Å². The second-order valence-corrected chi connectivity index (χ2v) is 5.37. The number of rotatable bonds is 8. The first-order valence-corrected chi connectivity index (χ1v) is 7.80. The summed E-state index contributed by atoms with van der Waals surface area (Å²) < 4.78 is 2.22. The minimum absolute atomic E-state index is 0.837. The first-order valence-electron chi connectivity index (χ1n) is 7.42. The third-order valence-corrected chi connectivity index (χ3v) is 4.07. The number of aromatic nitrogens is 1. The summed E-state index contributed by atoms with van der Waals surface area (Å²) in [7, 11) is 0. The summed E-state index contributed by atoms with van der Waals surface area (Å²) in [4.78, 5) is 2.43. The maximum Gasteiger partial charge on any atom is 0.0661 e. The quantitative estimate of drug-likeness (QED) is 0.754. The lowest BCUT2D eigenvalue weighted by Crippen LogP contribution is -2.33. The molecule has 110 valence electrons. The zero-order chi connectivity index (χ0) is 14.4. The molecule has 0 saturated carbocycles. The monoisotopic (exact) mass is 293 g/mol. The number of hydrogen-bond donors (Lipinski definition) is 1. The van der Waals surface area contributed by atoms with E-state index in [9.17, 15) is 0 Å². The van der Waals surface area contributed by atoms with Crippen molar-refractivity contribution >= 4 is 22.5 Å². The van der Waals surface area contributed by atoms with E-state index >= 15 is 0 Å². The molecule has 2 aromatic rings. The van der Waals surface area contributed by atoms with Crippen LogP contribution < -0.4 is 5.32 Å². The maximum absolute atomic E-state index is 6.25. The third-order valence-electron chi connectivity index (χ3n) is 3.77. The Kier molecular flexibility index (Phi) is 5.89. The molecule has 0 aliphatic rings. The van der Waals surface area contributed by atoms with E-state index in [1.54, 1.807) is 0 Å². The lowest BCUT2D eigenvalue weighted by molar-refractivity contribution is 0.302. The average molecular weight is 294 g/mol. The van der Waals surface area contributed by atoms with E-state index in [1.165, 1.54) is 5.52 Å². The number of hydrogen-bond acceptors (Lipinski definition) is 2. The smallest absolute Gasteiger partial charge is 0.0661 e. The van der Waals surface area contributed by atoms with Crippen LogP contribution in [0.3, 0.4) is 0 Å². The molecule has 0 bridgehead atoms. The Morgan fingerprint density at radius 1 is 1.15 bits per heavy atom. The molecule has 0 radical (unpaired) electrons. The van der Waals surface area contributed by atoms with Crippen molar-refractivity contribution in [3.8, 4) is 0 Å². The van der Waals surface area contributed by atoms with Crippen molar-refractivity contribution in [3.05, 3.63) is 35.5 Å². The van der Waals surface area contributed by atoms with Gasteiger partial charge in [0, 0.05) is 43.3 Å². The van der Waals surface area contributed by atoms with Gasteiger partial charge in [0.25, 0.3) is 0 Å². The Labute approximate surface area is 126 Å².